The molecule has 1 amide bonds. The van der Waals surface area contributed by atoms with Gasteiger partial charge in [0, 0.05) is 12.6 Å². The van der Waals surface area contributed by atoms with Crippen molar-refractivity contribution in [3.8, 4) is 0 Å². The standard InChI is InChI=1S/C14H22N4O2/c15-10-8-12(13(16)20)14(17-9-10)18(6-7-19)11-4-2-1-3-5-11/h8-9,11,19H,1-7,15H2,(H2,16,20). The highest BCUT2D eigenvalue weighted by Gasteiger charge is 2.25. The van der Waals surface area contributed by atoms with Gasteiger partial charge in [-0.05, 0) is 18.9 Å². The van der Waals surface area contributed by atoms with Crippen molar-refractivity contribution in [2.24, 2.45) is 5.73 Å². The summed E-state index contributed by atoms with van der Waals surface area (Å²) >= 11 is 0. The van der Waals surface area contributed by atoms with Crippen LogP contribution in [0.5, 0.6) is 0 Å². The van der Waals surface area contributed by atoms with Gasteiger partial charge in [-0.2, -0.15) is 0 Å². The Labute approximate surface area is 118 Å². The van der Waals surface area contributed by atoms with E-state index in [1.807, 2.05) is 4.90 Å². The first-order valence-corrected chi connectivity index (χ1v) is 7.06. The molecule has 1 heterocycles. The van der Waals surface area contributed by atoms with Gasteiger partial charge >= 0.3 is 0 Å². The second-order valence-electron chi connectivity index (χ2n) is 5.21. The van der Waals surface area contributed by atoms with E-state index in [9.17, 15) is 9.90 Å². The average molecular weight is 278 g/mol. The topological polar surface area (TPSA) is 105 Å². The number of carbonyl (C=O) groups excluding carboxylic acids is 1. The van der Waals surface area contributed by atoms with Gasteiger partial charge in [0.1, 0.15) is 5.82 Å². The first-order valence-electron chi connectivity index (χ1n) is 7.06. The number of primary amides is 1. The molecule has 0 aliphatic heterocycles. The number of nitrogens with two attached hydrogens (primary N) is 2. The predicted octanol–water partition coefficient (Wildman–Crippen LogP) is 0.894. The van der Waals surface area contributed by atoms with E-state index in [1.54, 1.807) is 6.07 Å². The highest BCUT2D eigenvalue weighted by atomic mass is 16.3. The minimum absolute atomic E-state index is 0.0146. The molecule has 0 unspecified atom stereocenters. The van der Waals surface area contributed by atoms with Crippen molar-refractivity contribution in [2.75, 3.05) is 23.8 Å². The molecular weight excluding hydrogens is 256 g/mol. The van der Waals surface area contributed by atoms with Crippen LogP contribution in [-0.4, -0.2) is 35.2 Å². The van der Waals surface area contributed by atoms with Crippen LogP contribution in [0.3, 0.4) is 0 Å². The largest absolute Gasteiger partial charge is 0.397 e. The average Bonchev–Trinajstić information content (AvgIpc) is 2.46. The molecular formula is C14H22N4O2. The van der Waals surface area contributed by atoms with Crippen LogP contribution in [-0.2, 0) is 0 Å². The lowest BCUT2D eigenvalue weighted by molar-refractivity contribution is 0.1000. The number of anilines is 2. The van der Waals surface area contributed by atoms with Crippen molar-refractivity contribution in [2.45, 2.75) is 38.1 Å². The molecule has 1 aliphatic carbocycles. The van der Waals surface area contributed by atoms with E-state index in [1.165, 1.54) is 12.6 Å². The van der Waals surface area contributed by atoms with Gasteiger partial charge < -0.3 is 21.5 Å². The van der Waals surface area contributed by atoms with Crippen LogP contribution in [0.25, 0.3) is 0 Å². The third-order valence-corrected chi connectivity index (χ3v) is 3.78. The molecule has 5 N–H and O–H groups in total. The molecule has 1 aliphatic rings. The summed E-state index contributed by atoms with van der Waals surface area (Å²) in [5.41, 5.74) is 11.8. The van der Waals surface area contributed by atoms with Crippen molar-refractivity contribution in [1.82, 2.24) is 4.98 Å². The SMILES string of the molecule is NC(=O)c1cc(N)cnc1N(CCO)C1CCCCC1. The second kappa shape index (κ2) is 6.56. The summed E-state index contributed by atoms with van der Waals surface area (Å²) in [6, 6.07) is 1.85. The van der Waals surface area contributed by atoms with Crippen LogP contribution >= 0.6 is 0 Å². The normalized spacial score (nSPS) is 16.1. The Morgan fingerprint density at radius 1 is 1.40 bits per heavy atom. The van der Waals surface area contributed by atoms with Gasteiger partial charge in [-0.3, -0.25) is 4.79 Å². The minimum Gasteiger partial charge on any atom is -0.397 e. The smallest absolute Gasteiger partial charge is 0.252 e. The zero-order valence-corrected chi connectivity index (χ0v) is 11.6. The summed E-state index contributed by atoms with van der Waals surface area (Å²) in [6.45, 7) is 0.461. The number of nitrogens with zero attached hydrogens (tertiary/aromatic N) is 2. The van der Waals surface area contributed by atoms with Gasteiger partial charge in [0.05, 0.1) is 24.1 Å². The molecule has 1 aromatic heterocycles. The second-order valence-corrected chi connectivity index (χ2v) is 5.21. The summed E-state index contributed by atoms with van der Waals surface area (Å²) in [5, 5.41) is 9.30. The summed E-state index contributed by atoms with van der Waals surface area (Å²) in [6.07, 6.45) is 7.17. The van der Waals surface area contributed by atoms with Crippen molar-refractivity contribution >= 4 is 17.4 Å². The van der Waals surface area contributed by atoms with Gasteiger partial charge in [0.25, 0.3) is 5.91 Å². The number of hydrogen-bond acceptors (Lipinski definition) is 5. The molecule has 6 heteroatoms. The van der Waals surface area contributed by atoms with Crippen LogP contribution in [0.1, 0.15) is 42.5 Å². The third-order valence-electron chi connectivity index (χ3n) is 3.78. The van der Waals surface area contributed by atoms with Crippen molar-refractivity contribution in [1.29, 1.82) is 0 Å². The quantitative estimate of drug-likeness (QED) is 0.742. The number of pyridine rings is 1. The molecule has 0 aromatic carbocycles. The zero-order chi connectivity index (χ0) is 14.5. The van der Waals surface area contributed by atoms with Gasteiger partial charge in [-0.15, -0.1) is 0 Å². The zero-order valence-electron chi connectivity index (χ0n) is 11.6. The van der Waals surface area contributed by atoms with E-state index >= 15 is 0 Å². The van der Waals surface area contributed by atoms with E-state index in [0.717, 1.165) is 25.7 Å². The number of amides is 1. The highest BCUT2D eigenvalue weighted by Crippen LogP contribution is 2.28. The number of hydrogen-bond donors (Lipinski definition) is 3. The number of aliphatic hydroxyl groups excluding tert-OH is 1. The molecule has 1 aromatic rings. The van der Waals surface area contributed by atoms with Crippen LogP contribution < -0.4 is 16.4 Å². The number of aliphatic hydroxyl groups is 1. The van der Waals surface area contributed by atoms with Crippen LogP contribution in [0.2, 0.25) is 0 Å². The molecule has 2 rings (SSSR count). The Bertz CT molecular complexity index is 472. The van der Waals surface area contributed by atoms with Gasteiger partial charge in [-0.25, -0.2) is 4.98 Å². The van der Waals surface area contributed by atoms with Crippen LogP contribution in [0, 0.1) is 0 Å². The Kier molecular flexibility index (Phi) is 4.79. The van der Waals surface area contributed by atoms with E-state index < -0.39 is 5.91 Å². The Balaban J connectivity index is 2.35. The van der Waals surface area contributed by atoms with Gasteiger partial charge in [-0.1, -0.05) is 19.3 Å². The molecule has 6 nitrogen and oxygen atoms in total. The van der Waals surface area contributed by atoms with Crippen LogP contribution in [0.15, 0.2) is 12.3 Å². The lowest BCUT2D eigenvalue weighted by atomic mass is 9.94. The molecule has 110 valence electrons. The van der Waals surface area contributed by atoms with E-state index in [-0.39, 0.29) is 6.61 Å². The fourth-order valence-electron chi connectivity index (χ4n) is 2.85. The first kappa shape index (κ1) is 14.6. The summed E-state index contributed by atoms with van der Waals surface area (Å²) in [7, 11) is 0. The maximum absolute atomic E-state index is 11.6. The number of rotatable bonds is 5. The van der Waals surface area contributed by atoms with Crippen LogP contribution in [0.4, 0.5) is 11.5 Å². The number of nitrogen functional groups attached to an aromatic ring is 1. The lowest BCUT2D eigenvalue weighted by Gasteiger charge is -2.35. The fraction of sp³-hybridized carbons (Fsp3) is 0.571. The Morgan fingerprint density at radius 3 is 2.70 bits per heavy atom. The molecule has 20 heavy (non-hydrogen) atoms. The number of aromatic nitrogens is 1. The molecule has 0 saturated heterocycles. The maximum atomic E-state index is 11.6. The van der Waals surface area contributed by atoms with E-state index in [0.29, 0.717) is 29.7 Å². The van der Waals surface area contributed by atoms with Gasteiger partial charge in [0.15, 0.2) is 0 Å². The molecule has 1 fully saturated rings. The fourth-order valence-corrected chi connectivity index (χ4v) is 2.85. The van der Waals surface area contributed by atoms with Crippen molar-refractivity contribution < 1.29 is 9.90 Å². The summed E-state index contributed by atoms with van der Waals surface area (Å²) < 4.78 is 0. The van der Waals surface area contributed by atoms with E-state index in [2.05, 4.69) is 4.98 Å². The predicted molar refractivity (Wildman–Crippen MR) is 78.5 cm³/mol. The Hall–Kier alpha value is -1.82. The monoisotopic (exact) mass is 278 g/mol. The number of carbonyl (C=O) groups is 1. The molecule has 0 bridgehead atoms. The van der Waals surface area contributed by atoms with Crippen molar-refractivity contribution in [3.63, 3.8) is 0 Å². The maximum Gasteiger partial charge on any atom is 0.252 e. The minimum atomic E-state index is -0.543. The van der Waals surface area contributed by atoms with E-state index in [4.69, 9.17) is 11.5 Å². The lowest BCUT2D eigenvalue weighted by Crippen LogP contribution is -2.40. The molecule has 0 radical (unpaired) electrons. The summed E-state index contributed by atoms with van der Waals surface area (Å²) in [5.74, 6) is -0.00815. The van der Waals surface area contributed by atoms with Gasteiger partial charge in [0.2, 0.25) is 0 Å². The first-order chi connectivity index (χ1) is 9.63. The van der Waals surface area contributed by atoms with Crippen molar-refractivity contribution in [3.05, 3.63) is 17.8 Å². The molecule has 0 atom stereocenters. The third kappa shape index (κ3) is 3.19. The molecule has 1 saturated carbocycles. The molecule has 0 spiro atoms. The summed E-state index contributed by atoms with van der Waals surface area (Å²) in [4.78, 5) is 17.9. The Morgan fingerprint density at radius 2 is 2.10 bits per heavy atom. The highest BCUT2D eigenvalue weighted by molar-refractivity contribution is 5.98.